The molecule has 1 heterocycles. The highest BCUT2D eigenvalue weighted by Crippen LogP contribution is 2.27. The molecule has 270 valence electrons. The molecule has 4 rings (SSSR count). The summed E-state index contributed by atoms with van der Waals surface area (Å²) in [6, 6.07) is 23.6. The molecule has 0 unspecified atom stereocenters. The number of esters is 1. The molecule has 0 saturated heterocycles. The number of ether oxygens (including phenoxy) is 2. The molecule has 0 fully saturated rings. The summed E-state index contributed by atoms with van der Waals surface area (Å²) in [6.07, 6.45) is 24.6. The number of rotatable bonds is 26. The molecule has 50 heavy (non-hydrogen) atoms. The van der Waals surface area contributed by atoms with Crippen molar-refractivity contribution in [3.63, 3.8) is 0 Å². The van der Waals surface area contributed by atoms with Crippen LogP contribution in [0.1, 0.15) is 146 Å². The van der Waals surface area contributed by atoms with Gasteiger partial charge in [0.25, 0.3) is 5.89 Å². The minimum Gasteiger partial charge on any atom is -0.494 e. The van der Waals surface area contributed by atoms with E-state index in [1.54, 1.807) is 12.1 Å². The standard InChI is InChI=1S/C44H60N2O4/c1-3-5-7-9-11-12-13-14-15-16-17-19-20-34-48-41-32-30-37(31-33-41)36-22-26-39(27-23-36)43-45-42(46-50-43)38-24-28-40(29-25-38)44(47)49-35-21-18-10-8-6-4-2/h22-33H,3-21,34-35H2,1-2H3. The van der Waals surface area contributed by atoms with Crippen LogP contribution in [0.15, 0.2) is 77.3 Å². The van der Waals surface area contributed by atoms with E-state index >= 15 is 0 Å². The lowest BCUT2D eigenvalue weighted by Gasteiger charge is -2.08. The highest BCUT2D eigenvalue weighted by molar-refractivity contribution is 5.89. The normalized spacial score (nSPS) is 11.2. The fourth-order valence-electron chi connectivity index (χ4n) is 6.20. The average Bonchev–Trinajstić information content (AvgIpc) is 3.65. The first-order valence-corrected chi connectivity index (χ1v) is 19.6. The van der Waals surface area contributed by atoms with Gasteiger partial charge in [0.1, 0.15) is 5.75 Å². The van der Waals surface area contributed by atoms with Crippen LogP contribution in [0, 0.1) is 0 Å². The SMILES string of the molecule is CCCCCCCCCCCCCCCOc1ccc(-c2ccc(-c3nc(-c4ccc(C(=O)OCCCCCCCC)cc4)no3)cc2)cc1. The molecule has 0 radical (unpaired) electrons. The van der Waals surface area contributed by atoms with E-state index in [-0.39, 0.29) is 5.97 Å². The molecule has 4 aromatic rings. The van der Waals surface area contributed by atoms with E-state index in [9.17, 15) is 4.79 Å². The minimum atomic E-state index is -0.300. The summed E-state index contributed by atoms with van der Waals surface area (Å²) in [5.41, 5.74) is 4.38. The summed E-state index contributed by atoms with van der Waals surface area (Å²) in [6.45, 7) is 5.72. The number of benzene rings is 3. The molecule has 0 aliphatic rings. The van der Waals surface area contributed by atoms with Gasteiger partial charge in [0.15, 0.2) is 0 Å². The van der Waals surface area contributed by atoms with Crippen molar-refractivity contribution in [2.75, 3.05) is 13.2 Å². The fourth-order valence-corrected chi connectivity index (χ4v) is 6.20. The first kappa shape index (κ1) is 38.9. The van der Waals surface area contributed by atoms with Gasteiger partial charge in [-0.3, -0.25) is 0 Å². The number of unbranched alkanes of at least 4 members (excludes halogenated alkanes) is 17. The monoisotopic (exact) mass is 680 g/mol. The Hall–Kier alpha value is -3.93. The predicted octanol–water partition coefficient (Wildman–Crippen LogP) is 13.1. The van der Waals surface area contributed by atoms with E-state index in [0.717, 1.165) is 53.9 Å². The zero-order chi connectivity index (χ0) is 35.1. The molecular formula is C44H60N2O4. The van der Waals surface area contributed by atoms with Gasteiger partial charge in [-0.2, -0.15) is 4.98 Å². The summed E-state index contributed by atoms with van der Waals surface area (Å²) in [5.74, 6) is 1.54. The third-order valence-electron chi connectivity index (χ3n) is 9.37. The third-order valence-corrected chi connectivity index (χ3v) is 9.37. The van der Waals surface area contributed by atoms with Crippen molar-refractivity contribution in [3.05, 3.63) is 78.4 Å². The Kier molecular flexibility index (Phi) is 18.2. The zero-order valence-corrected chi connectivity index (χ0v) is 30.8. The van der Waals surface area contributed by atoms with Crippen molar-refractivity contribution in [1.29, 1.82) is 0 Å². The molecule has 0 bridgehead atoms. The number of aromatic nitrogens is 2. The maximum atomic E-state index is 12.4. The lowest BCUT2D eigenvalue weighted by Crippen LogP contribution is -2.06. The van der Waals surface area contributed by atoms with E-state index in [1.165, 1.54) is 103 Å². The molecule has 0 aliphatic heterocycles. The van der Waals surface area contributed by atoms with Gasteiger partial charge < -0.3 is 14.0 Å². The van der Waals surface area contributed by atoms with Crippen LogP contribution in [0.5, 0.6) is 5.75 Å². The van der Waals surface area contributed by atoms with E-state index in [2.05, 4.69) is 60.4 Å². The molecule has 6 nitrogen and oxygen atoms in total. The van der Waals surface area contributed by atoms with Crippen molar-refractivity contribution in [1.82, 2.24) is 10.1 Å². The summed E-state index contributed by atoms with van der Waals surface area (Å²) >= 11 is 0. The Morgan fingerprint density at radius 3 is 1.50 bits per heavy atom. The number of hydrogen-bond acceptors (Lipinski definition) is 6. The number of carbonyl (C=O) groups excluding carboxylic acids is 1. The summed E-state index contributed by atoms with van der Waals surface area (Å²) < 4.78 is 17.0. The topological polar surface area (TPSA) is 74.5 Å². The summed E-state index contributed by atoms with van der Waals surface area (Å²) in [5, 5.41) is 4.17. The lowest BCUT2D eigenvalue weighted by atomic mass is 10.0. The highest BCUT2D eigenvalue weighted by Gasteiger charge is 2.13. The number of hydrogen-bond donors (Lipinski definition) is 0. The van der Waals surface area contributed by atoms with E-state index in [4.69, 9.17) is 14.0 Å². The Morgan fingerprint density at radius 2 is 0.960 bits per heavy atom. The molecule has 0 atom stereocenters. The number of carbonyl (C=O) groups is 1. The predicted molar refractivity (Wildman–Crippen MR) is 205 cm³/mol. The van der Waals surface area contributed by atoms with Gasteiger partial charge in [0.05, 0.1) is 18.8 Å². The Balaban J connectivity index is 1.12. The smallest absolute Gasteiger partial charge is 0.338 e. The van der Waals surface area contributed by atoms with Gasteiger partial charge in [-0.25, -0.2) is 4.79 Å². The molecule has 1 aromatic heterocycles. The average molecular weight is 681 g/mol. The van der Waals surface area contributed by atoms with Crippen LogP contribution in [0.25, 0.3) is 34.0 Å². The molecule has 3 aromatic carbocycles. The molecule has 6 heteroatoms. The van der Waals surface area contributed by atoms with Gasteiger partial charge in [0, 0.05) is 11.1 Å². The van der Waals surface area contributed by atoms with E-state index < -0.39 is 0 Å². The highest BCUT2D eigenvalue weighted by atomic mass is 16.5. The van der Waals surface area contributed by atoms with Crippen LogP contribution in [0.2, 0.25) is 0 Å². The molecule has 0 spiro atoms. The minimum absolute atomic E-state index is 0.300. The van der Waals surface area contributed by atoms with E-state index in [1.807, 2.05) is 24.3 Å². The Morgan fingerprint density at radius 1 is 0.520 bits per heavy atom. The lowest BCUT2D eigenvalue weighted by molar-refractivity contribution is 0.0497. The van der Waals surface area contributed by atoms with Crippen LogP contribution >= 0.6 is 0 Å². The first-order valence-electron chi connectivity index (χ1n) is 19.6. The number of nitrogens with zero attached hydrogens (tertiary/aromatic N) is 2. The maximum absolute atomic E-state index is 12.4. The second kappa shape index (κ2) is 23.5. The fraction of sp³-hybridized carbons (Fsp3) is 0.523. The quantitative estimate of drug-likeness (QED) is 0.0485. The molecule has 0 amide bonds. The Labute approximate surface area is 301 Å². The molecule has 0 N–H and O–H groups in total. The van der Waals surface area contributed by atoms with Crippen LogP contribution in [0.4, 0.5) is 0 Å². The van der Waals surface area contributed by atoms with Gasteiger partial charge >= 0.3 is 5.97 Å². The van der Waals surface area contributed by atoms with Gasteiger partial charge in [-0.05, 0) is 60.4 Å². The van der Waals surface area contributed by atoms with Crippen LogP contribution in [-0.4, -0.2) is 29.3 Å². The van der Waals surface area contributed by atoms with Crippen molar-refractivity contribution < 1.29 is 18.8 Å². The molecule has 0 aliphatic carbocycles. The van der Waals surface area contributed by atoms with Crippen molar-refractivity contribution in [3.8, 4) is 39.7 Å². The van der Waals surface area contributed by atoms with Gasteiger partial charge in [-0.1, -0.05) is 165 Å². The van der Waals surface area contributed by atoms with Crippen LogP contribution in [0.3, 0.4) is 0 Å². The molecular weight excluding hydrogens is 620 g/mol. The van der Waals surface area contributed by atoms with Gasteiger partial charge in [-0.15, -0.1) is 0 Å². The van der Waals surface area contributed by atoms with Crippen LogP contribution in [-0.2, 0) is 4.74 Å². The van der Waals surface area contributed by atoms with Crippen molar-refractivity contribution in [2.24, 2.45) is 0 Å². The second-order valence-electron chi connectivity index (χ2n) is 13.6. The summed E-state index contributed by atoms with van der Waals surface area (Å²) in [4.78, 5) is 17.0. The van der Waals surface area contributed by atoms with Crippen molar-refractivity contribution >= 4 is 5.97 Å². The first-order chi connectivity index (χ1) is 24.7. The van der Waals surface area contributed by atoms with Gasteiger partial charge in [0.2, 0.25) is 5.82 Å². The summed E-state index contributed by atoms with van der Waals surface area (Å²) in [7, 11) is 0. The zero-order valence-electron chi connectivity index (χ0n) is 30.8. The maximum Gasteiger partial charge on any atom is 0.338 e. The largest absolute Gasteiger partial charge is 0.494 e. The third kappa shape index (κ3) is 14.1. The molecule has 0 saturated carbocycles. The van der Waals surface area contributed by atoms with E-state index in [0.29, 0.717) is 23.9 Å². The Bertz CT molecular complexity index is 1460. The van der Waals surface area contributed by atoms with Crippen molar-refractivity contribution in [2.45, 2.75) is 136 Å². The van der Waals surface area contributed by atoms with Crippen LogP contribution < -0.4 is 4.74 Å². The second-order valence-corrected chi connectivity index (χ2v) is 13.6.